The van der Waals surface area contributed by atoms with Crippen molar-refractivity contribution in [1.82, 2.24) is 14.4 Å². The summed E-state index contributed by atoms with van der Waals surface area (Å²) in [5.74, 6) is 0.0618. The van der Waals surface area contributed by atoms with Gasteiger partial charge in [0.25, 0.3) is 10.0 Å². The fourth-order valence-electron chi connectivity index (χ4n) is 6.81. The smallest absolute Gasteiger partial charge is 0.256 e. The maximum atomic E-state index is 14.2. The molecule has 13 heteroatoms. The average molecular weight is 748 g/mol. The molecule has 0 unspecified atom stereocenters. The van der Waals surface area contributed by atoms with Crippen molar-refractivity contribution in [3.05, 3.63) is 66.7 Å². The molecule has 0 amide bonds. The lowest BCUT2D eigenvalue weighted by Crippen LogP contribution is -2.59. The van der Waals surface area contributed by atoms with E-state index < -0.39 is 57.0 Å². The number of para-hydroxylation sites is 1. The molecule has 0 aliphatic rings. The second kappa shape index (κ2) is 19.4. The van der Waals surface area contributed by atoms with Crippen molar-refractivity contribution in [2.75, 3.05) is 20.0 Å². The van der Waals surface area contributed by atoms with Crippen molar-refractivity contribution in [3.63, 3.8) is 0 Å². The van der Waals surface area contributed by atoms with Gasteiger partial charge in [-0.15, -0.1) is 15.8 Å². The first kappa shape index (κ1) is 42.0. The van der Waals surface area contributed by atoms with Gasteiger partial charge in [0.15, 0.2) is 16.6 Å². The van der Waals surface area contributed by atoms with Crippen LogP contribution in [-0.2, 0) is 35.0 Å². The Morgan fingerprint density at radius 1 is 0.820 bits per heavy atom. The molecule has 0 fully saturated rings. The predicted molar refractivity (Wildman–Crippen MR) is 207 cm³/mol. The van der Waals surface area contributed by atoms with Crippen molar-refractivity contribution in [2.45, 2.75) is 122 Å². The Kier molecular flexibility index (Phi) is 16.3. The third-order valence-corrected chi connectivity index (χ3v) is 21.6. The average Bonchev–Trinajstić information content (AvgIpc) is 3.59. The van der Waals surface area contributed by atoms with E-state index in [1.54, 1.807) is 32.4 Å². The number of methoxy groups -OCH3 is 2. The monoisotopic (exact) mass is 747 g/mol. The molecule has 50 heavy (non-hydrogen) atoms. The summed E-state index contributed by atoms with van der Waals surface area (Å²) in [5.41, 5.74) is 1.94. The highest BCUT2D eigenvalue weighted by Gasteiger charge is 2.48. The molecule has 0 saturated heterocycles. The van der Waals surface area contributed by atoms with Crippen molar-refractivity contribution >= 4 is 37.7 Å². The lowest BCUT2D eigenvalue weighted by molar-refractivity contribution is -0.144. The Hall–Kier alpha value is -2.40. The highest BCUT2D eigenvalue weighted by atomic mass is 32.2. The second-order valence-electron chi connectivity index (χ2n) is 13.3. The third kappa shape index (κ3) is 10.1. The Morgan fingerprint density at radius 2 is 1.38 bits per heavy atom. The molecular weight excluding hydrogens is 687 g/mol. The predicted octanol–water partition coefficient (Wildman–Crippen LogP) is 8.21. The molecule has 280 valence electrons. The SMILES string of the molecule is C=CC[C@H](OC)[C@H](OCc1ccc(OC)cc1)[C@@H](O[Si](CC)(CC)CC)[C@@H](O[Si](CC)(CC)CC)[C@@H](C)CS(=O)(=O)n1nnc2ccccc21. The van der Waals surface area contributed by atoms with Crippen molar-refractivity contribution in [3.8, 4) is 5.75 Å². The molecule has 1 heterocycles. The molecular formula is C37H61N3O7SSi2. The maximum Gasteiger partial charge on any atom is 0.256 e. The standard InChI is InChI=1S/C37H61N3O7SSi2/c1-11-20-34(44-10)36(45-27-30-23-25-31(43-9)26-24-30)37(47-50(15-5,16-6)17-7)35(46-49(12-2,13-3)14-4)29(8)28-48(41,42)40-33-22-19-18-21-32(33)38-39-40/h11,18-19,21-26,29,34-37H,1,12-17,20,27-28H2,2-10H3/t29-,34-,35-,36-,37-/m0/s1. The Morgan fingerprint density at radius 3 is 1.90 bits per heavy atom. The van der Waals surface area contributed by atoms with Gasteiger partial charge in [0.2, 0.25) is 0 Å². The third-order valence-electron chi connectivity index (χ3n) is 10.6. The molecule has 3 aromatic rings. The lowest BCUT2D eigenvalue weighted by atomic mass is 9.93. The summed E-state index contributed by atoms with van der Waals surface area (Å²) < 4.78 is 62.8. The number of hydrogen-bond donors (Lipinski definition) is 0. The van der Waals surface area contributed by atoms with E-state index >= 15 is 0 Å². The van der Waals surface area contributed by atoms with E-state index in [0.29, 0.717) is 24.1 Å². The van der Waals surface area contributed by atoms with Crippen LogP contribution in [0.5, 0.6) is 5.75 Å². The van der Waals surface area contributed by atoms with Gasteiger partial charge < -0.3 is 23.1 Å². The topological polar surface area (TPSA) is 111 Å². The van der Waals surface area contributed by atoms with Gasteiger partial charge in [0, 0.05) is 7.11 Å². The van der Waals surface area contributed by atoms with Gasteiger partial charge in [-0.2, -0.15) is 0 Å². The number of ether oxygens (including phenoxy) is 3. The first-order valence-corrected chi connectivity index (χ1v) is 24.9. The van der Waals surface area contributed by atoms with Crippen molar-refractivity contribution in [2.24, 2.45) is 5.92 Å². The first-order valence-electron chi connectivity index (χ1n) is 18.2. The van der Waals surface area contributed by atoms with E-state index in [-0.39, 0.29) is 5.75 Å². The van der Waals surface area contributed by atoms with Crippen LogP contribution in [-0.4, -0.2) is 83.8 Å². The zero-order valence-electron chi connectivity index (χ0n) is 31.8. The molecule has 0 aliphatic heterocycles. The van der Waals surface area contributed by atoms with Crippen LogP contribution < -0.4 is 4.74 Å². The summed E-state index contributed by atoms with van der Waals surface area (Å²) in [6.45, 7) is 19.4. The summed E-state index contributed by atoms with van der Waals surface area (Å²) in [6.07, 6.45) is 0.136. The Bertz CT molecular complexity index is 1550. The first-order chi connectivity index (χ1) is 23.9. The molecule has 0 bridgehead atoms. The summed E-state index contributed by atoms with van der Waals surface area (Å²) in [6, 6.07) is 20.3. The number of rotatable bonds is 24. The van der Waals surface area contributed by atoms with E-state index in [0.717, 1.165) is 51.7 Å². The van der Waals surface area contributed by atoms with Crippen molar-refractivity contribution < 1.29 is 31.5 Å². The fourth-order valence-corrected chi connectivity index (χ4v) is 14.2. The minimum atomic E-state index is -3.95. The molecule has 0 N–H and O–H groups in total. The van der Waals surface area contributed by atoms with Gasteiger partial charge in [0.1, 0.15) is 22.9 Å². The molecule has 0 aliphatic carbocycles. The zero-order chi connectivity index (χ0) is 37.0. The van der Waals surface area contributed by atoms with Crippen LogP contribution in [0, 0.1) is 5.92 Å². The van der Waals surface area contributed by atoms with Crippen molar-refractivity contribution in [1.29, 1.82) is 0 Å². The molecule has 0 radical (unpaired) electrons. The van der Waals surface area contributed by atoms with E-state index in [1.807, 2.05) is 43.3 Å². The van der Waals surface area contributed by atoms with Crippen LogP contribution in [0.1, 0.15) is 60.5 Å². The second-order valence-corrected chi connectivity index (χ2v) is 24.5. The fraction of sp³-hybridized carbons (Fsp3) is 0.622. The number of aromatic nitrogens is 3. The van der Waals surface area contributed by atoms with Gasteiger partial charge >= 0.3 is 0 Å². The Labute approximate surface area is 303 Å². The van der Waals surface area contributed by atoms with E-state index in [4.69, 9.17) is 23.1 Å². The molecule has 0 spiro atoms. The van der Waals surface area contributed by atoms with Crippen LogP contribution in [0.15, 0.2) is 61.2 Å². The highest BCUT2D eigenvalue weighted by molar-refractivity contribution is 7.90. The Balaban J connectivity index is 2.22. The number of hydrogen-bond acceptors (Lipinski definition) is 9. The van der Waals surface area contributed by atoms with Crippen LogP contribution in [0.4, 0.5) is 0 Å². The minimum Gasteiger partial charge on any atom is -0.497 e. The maximum absolute atomic E-state index is 14.2. The molecule has 5 atom stereocenters. The van der Waals surface area contributed by atoms with Crippen LogP contribution in [0.3, 0.4) is 0 Å². The number of nitrogens with zero attached hydrogens (tertiary/aromatic N) is 3. The summed E-state index contributed by atoms with van der Waals surface area (Å²) in [7, 11) is -5.28. The van der Waals surface area contributed by atoms with Crippen LogP contribution >= 0.6 is 0 Å². The quantitative estimate of drug-likeness (QED) is 0.0661. The molecule has 2 aromatic carbocycles. The number of fused-ring (bicyclic) bond motifs is 1. The van der Waals surface area contributed by atoms with Gasteiger partial charge in [-0.25, -0.2) is 8.42 Å². The van der Waals surface area contributed by atoms with Crippen LogP contribution in [0.25, 0.3) is 11.0 Å². The molecule has 10 nitrogen and oxygen atoms in total. The normalized spacial score (nSPS) is 15.8. The molecule has 1 aromatic heterocycles. The largest absolute Gasteiger partial charge is 0.497 e. The summed E-state index contributed by atoms with van der Waals surface area (Å²) in [5, 5.41) is 8.22. The van der Waals surface area contributed by atoms with E-state index in [1.165, 1.54) is 0 Å². The van der Waals surface area contributed by atoms with Gasteiger partial charge in [-0.1, -0.05) is 84.0 Å². The summed E-state index contributed by atoms with van der Waals surface area (Å²) >= 11 is 0. The minimum absolute atomic E-state index is 0.213. The van der Waals surface area contributed by atoms with Gasteiger partial charge in [-0.05, 0) is 78.4 Å². The van der Waals surface area contributed by atoms with Gasteiger partial charge in [0.05, 0.1) is 37.8 Å². The summed E-state index contributed by atoms with van der Waals surface area (Å²) in [4.78, 5) is 0. The number of benzene rings is 2. The lowest BCUT2D eigenvalue weighted by Gasteiger charge is -2.46. The van der Waals surface area contributed by atoms with Crippen LogP contribution in [0.2, 0.25) is 36.3 Å². The van der Waals surface area contributed by atoms with E-state index in [9.17, 15) is 8.42 Å². The molecule has 0 saturated carbocycles. The molecule has 3 rings (SSSR count). The zero-order valence-corrected chi connectivity index (χ0v) is 34.6. The highest BCUT2D eigenvalue weighted by Crippen LogP contribution is 2.36. The van der Waals surface area contributed by atoms with E-state index in [2.05, 4.69) is 58.4 Å². The van der Waals surface area contributed by atoms with Gasteiger partial charge in [-0.3, -0.25) is 0 Å².